The van der Waals surface area contributed by atoms with E-state index in [0.717, 1.165) is 0 Å². The van der Waals surface area contributed by atoms with Crippen molar-refractivity contribution in [2.24, 2.45) is 0 Å². The van der Waals surface area contributed by atoms with Gasteiger partial charge in [0.1, 0.15) is 5.56 Å². The molecule has 0 atom stereocenters. The second-order valence-electron chi connectivity index (χ2n) is 2.23. The van der Waals surface area contributed by atoms with Gasteiger partial charge in [-0.25, -0.2) is 4.79 Å². The Kier molecular flexibility index (Phi) is 4.83. The molecule has 3 N–H and O–H groups in total. The number of methoxy groups -OCH3 is 1. The number of nitrogen functional groups attached to an aromatic ring is 1. The molecule has 4 nitrogen and oxygen atoms in total. The summed E-state index contributed by atoms with van der Waals surface area (Å²) in [5, 5.41) is 8.69. The van der Waals surface area contributed by atoms with E-state index < -0.39 is 5.97 Å². The zero-order valence-electron chi connectivity index (χ0n) is 6.57. The van der Waals surface area contributed by atoms with E-state index in [1.165, 1.54) is 13.2 Å². The molecule has 0 unspecified atom stereocenters. The molecule has 0 saturated heterocycles. The molecule has 66 valence electrons. The van der Waals surface area contributed by atoms with Crippen molar-refractivity contribution in [3.63, 3.8) is 0 Å². The molecule has 0 aliphatic carbocycles. The summed E-state index contributed by atoms with van der Waals surface area (Å²) in [4.78, 5) is 10.6. The van der Waals surface area contributed by atoms with Gasteiger partial charge in [-0.15, -0.1) is 0 Å². The topological polar surface area (TPSA) is 72.5 Å². The van der Waals surface area contributed by atoms with Gasteiger partial charge in [0.25, 0.3) is 0 Å². The Balaban J connectivity index is 0.00000144. The molecule has 0 aromatic heterocycles. The maximum absolute atomic E-state index is 10.6. The fourth-order valence-electron chi connectivity index (χ4n) is 0.951. The number of nitrogens with two attached hydrogens (primary N) is 1. The van der Waals surface area contributed by atoms with Crippen molar-refractivity contribution in [3.05, 3.63) is 23.8 Å². The number of benzene rings is 1. The van der Waals surface area contributed by atoms with Crippen molar-refractivity contribution >= 4 is 41.2 Å². The van der Waals surface area contributed by atoms with Crippen molar-refractivity contribution in [1.82, 2.24) is 0 Å². The number of aromatic carboxylic acids is 1. The van der Waals surface area contributed by atoms with Crippen molar-refractivity contribution in [2.75, 3.05) is 12.8 Å². The summed E-state index contributed by atoms with van der Waals surface area (Å²) in [6, 6.07) is 4.60. The summed E-state index contributed by atoms with van der Waals surface area (Å²) in [7, 11) is 1.39. The van der Waals surface area contributed by atoms with Gasteiger partial charge in [0.05, 0.1) is 12.8 Å². The molecule has 0 spiro atoms. The first-order valence-electron chi connectivity index (χ1n) is 3.32. The van der Waals surface area contributed by atoms with Crippen molar-refractivity contribution in [1.29, 1.82) is 0 Å². The fourth-order valence-corrected chi connectivity index (χ4v) is 0.951. The Morgan fingerprint density at radius 2 is 2.15 bits per heavy atom. The molecule has 0 radical (unpaired) electrons. The summed E-state index contributed by atoms with van der Waals surface area (Å²) in [6.07, 6.45) is 0. The van der Waals surface area contributed by atoms with Crippen molar-refractivity contribution in [3.8, 4) is 5.75 Å². The van der Waals surface area contributed by atoms with E-state index in [9.17, 15) is 4.79 Å². The molecule has 0 aliphatic heterocycles. The maximum atomic E-state index is 10.6. The Hall–Kier alpha value is -0.710. The van der Waals surface area contributed by atoms with Crippen LogP contribution >= 0.6 is 0 Å². The predicted molar refractivity (Wildman–Crippen MR) is 51.5 cm³/mol. The third-order valence-corrected chi connectivity index (χ3v) is 1.48. The standard InChI is InChI=1S/C8H9NO3.Na.H/c1-12-7-5(8(10)11)3-2-4-6(7)9;;/h2-4H,9H2,1H3,(H,10,11);;. The van der Waals surface area contributed by atoms with Crippen LogP contribution in [0.2, 0.25) is 0 Å². The number of carbonyl (C=O) groups is 1. The summed E-state index contributed by atoms with van der Waals surface area (Å²) < 4.78 is 4.83. The van der Waals surface area contributed by atoms with E-state index in [2.05, 4.69) is 0 Å². The summed E-state index contributed by atoms with van der Waals surface area (Å²) >= 11 is 0. The molecule has 0 amide bonds. The summed E-state index contributed by atoms with van der Waals surface area (Å²) in [5.41, 5.74) is 5.89. The van der Waals surface area contributed by atoms with Crippen LogP contribution in [-0.4, -0.2) is 47.7 Å². The van der Waals surface area contributed by atoms with Gasteiger partial charge in [0, 0.05) is 0 Å². The SMILES string of the molecule is COc1c(N)cccc1C(=O)O.[NaH]. The molecule has 0 saturated carbocycles. The number of hydrogen-bond donors (Lipinski definition) is 2. The van der Waals surface area contributed by atoms with E-state index in [4.69, 9.17) is 15.6 Å². The zero-order chi connectivity index (χ0) is 9.14. The van der Waals surface area contributed by atoms with Crippen LogP contribution in [0.25, 0.3) is 0 Å². The number of carboxylic acid groups (broad SMARTS) is 1. The molecule has 0 heterocycles. The van der Waals surface area contributed by atoms with Gasteiger partial charge in [-0.1, -0.05) is 6.07 Å². The first kappa shape index (κ1) is 12.3. The van der Waals surface area contributed by atoms with E-state index in [0.29, 0.717) is 5.69 Å². The molecular weight excluding hydrogens is 181 g/mol. The van der Waals surface area contributed by atoms with E-state index in [-0.39, 0.29) is 40.9 Å². The molecule has 5 heteroatoms. The second-order valence-corrected chi connectivity index (χ2v) is 2.23. The Bertz CT molecular complexity index is 314. The van der Waals surface area contributed by atoms with E-state index in [1.807, 2.05) is 0 Å². The van der Waals surface area contributed by atoms with Crippen molar-refractivity contribution in [2.45, 2.75) is 0 Å². The van der Waals surface area contributed by atoms with Crippen LogP contribution in [0, 0.1) is 0 Å². The third kappa shape index (κ3) is 2.62. The zero-order valence-corrected chi connectivity index (χ0v) is 6.57. The minimum absolute atomic E-state index is 0. The quantitative estimate of drug-likeness (QED) is 0.521. The predicted octanol–water partition coefficient (Wildman–Crippen LogP) is 0.327. The number of hydrogen-bond acceptors (Lipinski definition) is 3. The normalized spacial score (nSPS) is 8.69. The van der Waals surface area contributed by atoms with Crippen molar-refractivity contribution < 1.29 is 14.6 Å². The second kappa shape index (κ2) is 5.11. The van der Waals surface area contributed by atoms with E-state index in [1.54, 1.807) is 12.1 Å². The van der Waals surface area contributed by atoms with Crippen LogP contribution in [0.5, 0.6) is 5.75 Å². The number of ether oxygens (including phenoxy) is 1. The molecule has 1 aromatic rings. The van der Waals surface area contributed by atoms with E-state index >= 15 is 0 Å². The van der Waals surface area contributed by atoms with Crippen LogP contribution in [0.15, 0.2) is 18.2 Å². The Labute approximate surface area is 98.0 Å². The van der Waals surface area contributed by atoms with Gasteiger partial charge in [-0.3, -0.25) is 0 Å². The van der Waals surface area contributed by atoms with Gasteiger partial charge >= 0.3 is 35.5 Å². The Morgan fingerprint density at radius 1 is 1.54 bits per heavy atom. The molecule has 0 fully saturated rings. The fraction of sp³-hybridized carbons (Fsp3) is 0.125. The summed E-state index contributed by atoms with van der Waals surface area (Å²) in [6.45, 7) is 0. The number of carboxylic acids is 1. The van der Waals surface area contributed by atoms with Crippen LogP contribution < -0.4 is 10.5 Å². The molecule has 1 rings (SSSR count). The van der Waals surface area contributed by atoms with Crippen LogP contribution in [0.3, 0.4) is 0 Å². The molecule has 13 heavy (non-hydrogen) atoms. The molecule has 1 aromatic carbocycles. The number of rotatable bonds is 2. The third-order valence-electron chi connectivity index (χ3n) is 1.48. The number of anilines is 1. The average Bonchev–Trinajstić information content (AvgIpc) is 2.03. The Morgan fingerprint density at radius 3 is 2.54 bits per heavy atom. The van der Waals surface area contributed by atoms with Gasteiger partial charge < -0.3 is 15.6 Å². The van der Waals surface area contributed by atoms with Gasteiger partial charge in [-0.2, -0.15) is 0 Å². The van der Waals surface area contributed by atoms with Gasteiger partial charge in [-0.05, 0) is 12.1 Å². The van der Waals surface area contributed by atoms with Crippen LogP contribution in [-0.2, 0) is 0 Å². The van der Waals surface area contributed by atoms with Crippen LogP contribution in [0.1, 0.15) is 10.4 Å². The monoisotopic (exact) mass is 191 g/mol. The van der Waals surface area contributed by atoms with Gasteiger partial charge in [0.2, 0.25) is 0 Å². The minimum atomic E-state index is -1.04. The summed E-state index contributed by atoms with van der Waals surface area (Å²) in [5.74, 6) is -0.829. The molecule has 0 aliphatic rings. The first-order chi connectivity index (χ1) is 5.66. The van der Waals surface area contributed by atoms with Crippen LogP contribution in [0.4, 0.5) is 5.69 Å². The van der Waals surface area contributed by atoms with Gasteiger partial charge in [0.15, 0.2) is 5.75 Å². The molecule has 0 bridgehead atoms. The number of para-hydroxylation sites is 1. The molecular formula is C8H10NNaO3. The first-order valence-corrected chi connectivity index (χ1v) is 3.32. The average molecular weight is 191 g/mol.